The highest BCUT2D eigenvalue weighted by molar-refractivity contribution is 5.89. The summed E-state index contributed by atoms with van der Waals surface area (Å²) >= 11 is 0. The van der Waals surface area contributed by atoms with Crippen LogP contribution in [0.5, 0.6) is 5.75 Å². The zero-order valence-corrected chi connectivity index (χ0v) is 21.6. The van der Waals surface area contributed by atoms with Crippen molar-refractivity contribution < 1.29 is 46.1 Å². The van der Waals surface area contributed by atoms with Gasteiger partial charge in [0.1, 0.15) is 24.0 Å². The molecule has 0 aliphatic heterocycles. The molecule has 2 aromatic carbocycles. The van der Waals surface area contributed by atoms with Crippen LogP contribution >= 0.6 is 0 Å². The van der Waals surface area contributed by atoms with E-state index in [2.05, 4.69) is 5.32 Å². The summed E-state index contributed by atoms with van der Waals surface area (Å²) < 4.78 is 75.1. The maximum atomic E-state index is 14.0. The van der Waals surface area contributed by atoms with Crippen molar-refractivity contribution in [3.05, 3.63) is 59.7 Å². The Morgan fingerprint density at radius 1 is 1.00 bits per heavy atom. The number of ether oxygens (including phenoxy) is 2. The first-order valence-corrected chi connectivity index (χ1v) is 12.6. The van der Waals surface area contributed by atoms with Crippen molar-refractivity contribution in [2.24, 2.45) is 0 Å². The van der Waals surface area contributed by atoms with Crippen molar-refractivity contribution in [2.45, 2.75) is 57.7 Å². The summed E-state index contributed by atoms with van der Waals surface area (Å²) in [7, 11) is 0. The summed E-state index contributed by atoms with van der Waals surface area (Å²) in [5.41, 5.74) is 0.524. The van der Waals surface area contributed by atoms with Crippen LogP contribution in [0.25, 0.3) is 0 Å². The summed E-state index contributed by atoms with van der Waals surface area (Å²) in [6.07, 6.45) is -4.63. The lowest BCUT2D eigenvalue weighted by atomic mass is 10.1. The van der Waals surface area contributed by atoms with E-state index in [1.807, 2.05) is 0 Å². The normalized spacial score (nSPS) is 12.2. The molecule has 1 unspecified atom stereocenters. The molecule has 39 heavy (non-hydrogen) atoms. The summed E-state index contributed by atoms with van der Waals surface area (Å²) in [5, 5.41) is 11.6. The number of amides is 2. The van der Waals surface area contributed by atoms with Gasteiger partial charge in [0.25, 0.3) is 0 Å². The van der Waals surface area contributed by atoms with Gasteiger partial charge in [-0.2, -0.15) is 13.2 Å². The van der Waals surface area contributed by atoms with E-state index in [4.69, 9.17) is 9.47 Å². The molecule has 2 N–H and O–H groups in total. The van der Waals surface area contributed by atoms with E-state index in [0.29, 0.717) is 31.1 Å². The molecule has 2 aromatic rings. The molecular weight excluding hydrogens is 527 g/mol. The molecule has 2 amide bonds. The van der Waals surface area contributed by atoms with Crippen molar-refractivity contribution in [1.29, 1.82) is 0 Å². The van der Waals surface area contributed by atoms with Gasteiger partial charge in [0, 0.05) is 32.1 Å². The van der Waals surface area contributed by atoms with E-state index in [-0.39, 0.29) is 44.8 Å². The highest BCUT2D eigenvalue weighted by Gasteiger charge is 2.25. The van der Waals surface area contributed by atoms with E-state index < -0.39 is 42.3 Å². The standard InChI is InChI=1S/C27H33F5N2O5/c1-2-38-24(25(35)36)17-19-7-10-21(11-8-19)39-16-15-34(14-6-4-3-5-13-27(30,31)32)26(37)33-23-12-9-20(28)18-22(23)29/h7-12,18,24H,2-6,13-17H2,1H3,(H,33,37)(H,35,36). The van der Waals surface area contributed by atoms with Crippen molar-refractivity contribution in [3.8, 4) is 5.75 Å². The predicted octanol–water partition coefficient (Wildman–Crippen LogP) is 6.42. The number of aliphatic carboxylic acids is 1. The molecule has 0 fully saturated rings. The third-order valence-electron chi connectivity index (χ3n) is 5.72. The SMILES string of the molecule is CCOC(Cc1ccc(OCCN(CCCCCCC(F)(F)F)C(=O)Nc2ccc(F)cc2F)cc1)C(=O)O. The lowest BCUT2D eigenvalue weighted by Gasteiger charge is -2.23. The molecule has 0 radical (unpaired) electrons. The smallest absolute Gasteiger partial charge is 0.389 e. The van der Waals surface area contributed by atoms with Crippen LogP contribution in [0, 0.1) is 11.6 Å². The Balaban J connectivity index is 1.93. The molecule has 7 nitrogen and oxygen atoms in total. The van der Waals surface area contributed by atoms with Crippen LogP contribution in [-0.2, 0) is 16.0 Å². The molecule has 0 heterocycles. The van der Waals surface area contributed by atoms with E-state index >= 15 is 0 Å². The fourth-order valence-electron chi connectivity index (χ4n) is 3.71. The molecule has 2 rings (SSSR count). The van der Waals surface area contributed by atoms with Gasteiger partial charge in [0.2, 0.25) is 0 Å². The number of alkyl halides is 3. The Labute approximate surface area is 223 Å². The van der Waals surface area contributed by atoms with Crippen LogP contribution in [0.2, 0.25) is 0 Å². The number of carboxylic acid groups (broad SMARTS) is 1. The lowest BCUT2D eigenvalue weighted by Crippen LogP contribution is -2.38. The summed E-state index contributed by atoms with van der Waals surface area (Å²) in [5.74, 6) is -2.33. The number of hydrogen-bond acceptors (Lipinski definition) is 4. The Bertz CT molecular complexity index is 1050. The van der Waals surface area contributed by atoms with Crippen LogP contribution in [-0.4, -0.2) is 60.6 Å². The first kappa shape index (κ1) is 31.8. The van der Waals surface area contributed by atoms with Gasteiger partial charge >= 0.3 is 18.2 Å². The van der Waals surface area contributed by atoms with Crippen molar-refractivity contribution in [2.75, 3.05) is 31.6 Å². The number of nitrogens with one attached hydrogen (secondary N) is 1. The van der Waals surface area contributed by atoms with Crippen LogP contribution in [0.15, 0.2) is 42.5 Å². The first-order valence-electron chi connectivity index (χ1n) is 12.6. The number of urea groups is 1. The van der Waals surface area contributed by atoms with Gasteiger partial charge in [-0.25, -0.2) is 18.4 Å². The number of hydrogen-bond donors (Lipinski definition) is 2. The number of carboxylic acids is 1. The van der Waals surface area contributed by atoms with Gasteiger partial charge in [-0.1, -0.05) is 25.0 Å². The van der Waals surface area contributed by atoms with Gasteiger partial charge in [0.05, 0.1) is 12.2 Å². The topological polar surface area (TPSA) is 88.1 Å². The molecular formula is C27H33F5N2O5. The fraction of sp³-hybridized carbons (Fsp3) is 0.481. The molecule has 1 atom stereocenters. The zero-order chi connectivity index (χ0) is 28.8. The Kier molecular flexibility index (Phi) is 12.9. The molecule has 216 valence electrons. The average molecular weight is 561 g/mol. The zero-order valence-electron chi connectivity index (χ0n) is 21.6. The van der Waals surface area contributed by atoms with E-state index in [1.165, 1.54) is 4.90 Å². The van der Waals surface area contributed by atoms with Gasteiger partial charge in [0.15, 0.2) is 6.10 Å². The molecule has 0 saturated heterocycles. The van der Waals surface area contributed by atoms with Gasteiger partial charge in [-0.15, -0.1) is 0 Å². The number of carbonyl (C=O) groups is 2. The third kappa shape index (κ3) is 12.3. The predicted molar refractivity (Wildman–Crippen MR) is 135 cm³/mol. The summed E-state index contributed by atoms with van der Waals surface area (Å²) in [6.45, 7) is 2.31. The third-order valence-corrected chi connectivity index (χ3v) is 5.72. The first-order chi connectivity index (χ1) is 18.5. The minimum atomic E-state index is -4.21. The molecule has 0 aliphatic carbocycles. The number of halogens is 5. The molecule has 0 aromatic heterocycles. The van der Waals surface area contributed by atoms with Crippen LogP contribution in [0.4, 0.5) is 32.4 Å². The second-order valence-electron chi connectivity index (χ2n) is 8.80. The lowest BCUT2D eigenvalue weighted by molar-refractivity contribution is -0.150. The minimum Gasteiger partial charge on any atom is -0.492 e. The highest BCUT2D eigenvalue weighted by atomic mass is 19.4. The Morgan fingerprint density at radius 3 is 2.31 bits per heavy atom. The fourth-order valence-corrected chi connectivity index (χ4v) is 3.71. The second kappa shape index (κ2) is 15.9. The van der Waals surface area contributed by atoms with Crippen molar-refractivity contribution in [3.63, 3.8) is 0 Å². The number of carbonyl (C=O) groups excluding carboxylic acids is 1. The van der Waals surface area contributed by atoms with E-state index in [1.54, 1.807) is 31.2 Å². The molecule has 0 spiro atoms. The number of rotatable bonds is 16. The van der Waals surface area contributed by atoms with Gasteiger partial charge in [-0.05, 0) is 49.6 Å². The Hall–Kier alpha value is -3.41. The van der Waals surface area contributed by atoms with E-state index in [9.17, 15) is 36.6 Å². The monoisotopic (exact) mass is 560 g/mol. The molecule has 12 heteroatoms. The maximum absolute atomic E-state index is 14.0. The maximum Gasteiger partial charge on any atom is 0.389 e. The summed E-state index contributed by atoms with van der Waals surface area (Å²) in [6, 6.07) is 8.78. The van der Waals surface area contributed by atoms with Crippen LogP contribution in [0.3, 0.4) is 0 Å². The van der Waals surface area contributed by atoms with Crippen LogP contribution in [0.1, 0.15) is 44.6 Å². The molecule has 0 saturated carbocycles. The number of anilines is 1. The van der Waals surface area contributed by atoms with Crippen molar-refractivity contribution >= 4 is 17.7 Å². The summed E-state index contributed by atoms with van der Waals surface area (Å²) in [4.78, 5) is 25.4. The van der Waals surface area contributed by atoms with Crippen molar-refractivity contribution in [1.82, 2.24) is 4.90 Å². The largest absolute Gasteiger partial charge is 0.492 e. The molecule has 0 aliphatic rings. The van der Waals surface area contributed by atoms with E-state index in [0.717, 1.165) is 17.7 Å². The second-order valence-corrected chi connectivity index (χ2v) is 8.80. The van der Waals surface area contributed by atoms with Gasteiger partial charge in [-0.3, -0.25) is 0 Å². The number of nitrogens with zero attached hydrogens (tertiary/aromatic N) is 1. The Morgan fingerprint density at radius 2 is 1.69 bits per heavy atom. The quantitative estimate of drug-likeness (QED) is 0.183. The molecule has 0 bridgehead atoms. The van der Waals surface area contributed by atoms with Crippen LogP contribution < -0.4 is 10.1 Å². The van der Waals surface area contributed by atoms with Gasteiger partial charge < -0.3 is 24.8 Å². The highest BCUT2D eigenvalue weighted by Crippen LogP contribution is 2.23. The number of benzene rings is 2. The minimum absolute atomic E-state index is 0.00657. The average Bonchev–Trinajstić information content (AvgIpc) is 2.86. The number of unbranched alkanes of at least 4 members (excludes halogenated alkanes) is 3.